The van der Waals surface area contributed by atoms with Crippen LogP contribution in [-0.2, 0) is 12.7 Å². The number of rotatable bonds is 6. The normalized spacial score (nSPS) is 11.7. The molecule has 2 aromatic carbocycles. The van der Waals surface area contributed by atoms with Crippen molar-refractivity contribution in [1.29, 1.82) is 0 Å². The van der Waals surface area contributed by atoms with Crippen LogP contribution in [0.4, 0.5) is 13.2 Å². The zero-order chi connectivity index (χ0) is 22.0. The molecule has 0 saturated carbocycles. The van der Waals surface area contributed by atoms with E-state index in [1.165, 1.54) is 6.07 Å². The SMILES string of the molecule is Cc1ccccc1-n1ncc(C(=O)NCCCn2cnc3ccccc32)c1C(F)(F)F. The monoisotopic (exact) mass is 427 g/mol. The van der Waals surface area contributed by atoms with E-state index >= 15 is 0 Å². The highest BCUT2D eigenvalue weighted by molar-refractivity contribution is 5.95. The van der Waals surface area contributed by atoms with Crippen LogP contribution in [0.1, 0.15) is 28.0 Å². The number of nitrogens with zero attached hydrogens (tertiary/aromatic N) is 4. The summed E-state index contributed by atoms with van der Waals surface area (Å²) in [6.45, 7) is 2.49. The van der Waals surface area contributed by atoms with Gasteiger partial charge >= 0.3 is 6.18 Å². The molecule has 9 heteroatoms. The van der Waals surface area contributed by atoms with E-state index in [9.17, 15) is 18.0 Å². The smallest absolute Gasteiger partial charge is 0.352 e. The lowest BCUT2D eigenvalue weighted by atomic mass is 10.1. The number of benzene rings is 2. The first-order chi connectivity index (χ1) is 14.9. The number of nitrogens with one attached hydrogen (secondary N) is 1. The van der Waals surface area contributed by atoms with Crippen LogP contribution in [0.5, 0.6) is 0 Å². The molecule has 1 amide bonds. The number of alkyl halides is 3. The van der Waals surface area contributed by atoms with E-state index in [1.807, 2.05) is 28.8 Å². The number of hydrogen-bond donors (Lipinski definition) is 1. The number of aryl methyl sites for hydroxylation is 2. The van der Waals surface area contributed by atoms with Gasteiger partial charge in [0.15, 0.2) is 5.69 Å². The quantitative estimate of drug-likeness (QED) is 0.465. The summed E-state index contributed by atoms with van der Waals surface area (Å²) < 4.78 is 44.1. The average molecular weight is 427 g/mol. The van der Waals surface area contributed by atoms with E-state index in [-0.39, 0.29) is 12.2 Å². The number of carbonyl (C=O) groups excluding carboxylic acids is 1. The second-order valence-corrected chi connectivity index (χ2v) is 7.14. The highest BCUT2D eigenvalue weighted by atomic mass is 19.4. The first-order valence-electron chi connectivity index (χ1n) is 9.75. The maximum atomic E-state index is 13.8. The van der Waals surface area contributed by atoms with Gasteiger partial charge in [-0.2, -0.15) is 18.3 Å². The van der Waals surface area contributed by atoms with Crippen LogP contribution in [0.2, 0.25) is 0 Å². The van der Waals surface area contributed by atoms with Gasteiger partial charge in [0.25, 0.3) is 5.91 Å². The van der Waals surface area contributed by atoms with Gasteiger partial charge in [0.05, 0.1) is 34.8 Å². The number of imidazole rings is 1. The summed E-state index contributed by atoms with van der Waals surface area (Å²) in [5, 5.41) is 6.44. The van der Waals surface area contributed by atoms with Crippen molar-refractivity contribution in [3.63, 3.8) is 0 Å². The zero-order valence-corrected chi connectivity index (χ0v) is 16.7. The summed E-state index contributed by atoms with van der Waals surface area (Å²) >= 11 is 0. The Kier molecular flexibility index (Phi) is 5.50. The molecule has 4 rings (SSSR count). The van der Waals surface area contributed by atoms with Crippen LogP contribution in [0.15, 0.2) is 61.1 Å². The minimum Gasteiger partial charge on any atom is -0.352 e. The lowest BCUT2D eigenvalue weighted by Gasteiger charge is -2.14. The molecule has 0 aliphatic rings. The van der Waals surface area contributed by atoms with E-state index < -0.39 is 23.3 Å². The van der Waals surface area contributed by atoms with Crippen LogP contribution in [0, 0.1) is 6.92 Å². The minimum atomic E-state index is -4.73. The Labute approximate surface area is 176 Å². The molecule has 1 N–H and O–H groups in total. The fourth-order valence-corrected chi connectivity index (χ4v) is 3.51. The maximum absolute atomic E-state index is 13.8. The van der Waals surface area contributed by atoms with Gasteiger partial charge in [0.1, 0.15) is 0 Å². The van der Waals surface area contributed by atoms with Gasteiger partial charge in [-0.25, -0.2) is 9.67 Å². The van der Waals surface area contributed by atoms with Gasteiger partial charge in [-0.15, -0.1) is 0 Å². The van der Waals surface area contributed by atoms with E-state index in [4.69, 9.17) is 0 Å². The van der Waals surface area contributed by atoms with E-state index in [0.29, 0.717) is 18.5 Å². The molecule has 0 saturated heterocycles. The first-order valence-corrected chi connectivity index (χ1v) is 9.75. The molecule has 6 nitrogen and oxygen atoms in total. The van der Waals surface area contributed by atoms with Crippen molar-refractivity contribution >= 4 is 16.9 Å². The Balaban J connectivity index is 1.48. The topological polar surface area (TPSA) is 64.7 Å². The Morgan fingerprint density at radius 1 is 1.10 bits per heavy atom. The van der Waals surface area contributed by atoms with E-state index in [1.54, 1.807) is 31.5 Å². The number of halogens is 3. The number of carbonyl (C=O) groups is 1. The van der Waals surface area contributed by atoms with Gasteiger partial charge in [0.2, 0.25) is 0 Å². The third-order valence-electron chi connectivity index (χ3n) is 5.01. The molecule has 2 heterocycles. The van der Waals surface area contributed by atoms with E-state index in [2.05, 4.69) is 15.4 Å². The summed E-state index contributed by atoms with van der Waals surface area (Å²) in [6, 6.07) is 14.2. The number of amides is 1. The average Bonchev–Trinajstić information content (AvgIpc) is 3.36. The fraction of sp³-hybridized carbons (Fsp3) is 0.227. The summed E-state index contributed by atoms with van der Waals surface area (Å²) in [6.07, 6.45) is -1.52. The third kappa shape index (κ3) is 4.16. The number of para-hydroxylation sites is 3. The molecule has 0 fully saturated rings. The standard InChI is InChI=1S/C22H20F3N5O/c1-15-7-2-4-9-18(15)30-20(22(23,24)25)16(13-28-30)21(31)26-11-6-12-29-14-27-17-8-3-5-10-19(17)29/h2-5,7-10,13-14H,6,11-12H2,1H3,(H,26,31). The Morgan fingerprint density at radius 3 is 2.61 bits per heavy atom. The minimum absolute atomic E-state index is 0.220. The van der Waals surface area contributed by atoms with Crippen LogP contribution < -0.4 is 5.32 Å². The lowest BCUT2D eigenvalue weighted by molar-refractivity contribution is -0.143. The highest BCUT2D eigenvalue weighted by Crippen LogP contribution is 2.34. The summed E-state index contributed by atoms with van der Waals surface area (Å²) in [4.78, 5) is 16.8. The third-order valence-corrected chi connectivity index (χ3v) is 5.01. The molecule has 4 aromatic rings. The van der Waals surface area contributed by atoms with Crippen molar-refractivity contribution in [3.8, 4) is 5.69 Å². The Morgan fingerprint density at radius 2 is 1.84 bits per heavy atom. The predicted molar refractivity (Wildman–Crippen MR) is 110 cm³/mol. The van der Waals surface area contributed by atoms with Gasteiger partial charge in [-0.05, 0) is 37.1 Å². The molecular formula is C22H20F3N5O. The van der Waals surface area contributed by atoms with Crippen molar-refractivity contribution in [3.05, 3.63) is 77.9 Å². The van der Waals surface area contributed by atoms with Gasteiger partial charge in [0, 0.05) is 13.1 Å². The molecule has 0 atom stereocenters. The van der Waals surface area contributed by atoms with E-state index in [0.717, 1.165) is 21.9 Å². The summed E-state index contributed by atoms with van der Waals surface area (Å²) in [5.41, 5.74) is 1.15. The second-order valence-electron chi connectivity index (χ2n) is 7.14. The number of fused-ring (bicyclic) bond motifs is 1. The molecule has 0 spiro atoms. The molecule has 31 heavy (non-hydrogen) atoms. The Bertz CT molecular complexity index is 1230. The molecule has 0 bridgehead atoms. The van der Waals surface area contributed by atoms with Crippen LogP contribution in [0.3, 0.4) is 0 Å². The summed E-state index contributed by atoms with van der Waals surface area (Å²) in [5.74, 6) is -0.803. The Hall–Kier alpha value is -3.62. The summed E-state index contributed by atoms with van der Waals surface area (Å²) in [7, 11) is 0. The first kappa shape index (κ1) is 20.6. The van der Waals surface area contributed by atoms with Crippen LogP contribution in [-0.4, -0.2) is 31.8 Å². The lowest BCUT2D eigenvalue weighted by Crippen LogP contribution is -2.28. The van der Waals surface area contributed by atoms with Crippen molar-refractivity contribution in [1.82, 2.24) is 24.6 Å². The largest absolute Gasteiger partial charge is 0.434 e. The van der Waals surface area contributed by atoms with Gasteiger partial charge in [-0.1, -0.05) is 30.3 Å². The van der Waals surface area contributed by atoms with Crippen molar-refractivity contribution < 1.29 is 18.0 Å². The second kappa shape index (κ2) is 8.25. The molecular weight excluding hydrogens is 407 g/mol. The maximum Gasteiger partial charge on any atom is 0.434 e. The molecule has 160 valence electrons. The molecule has 2 aromatic heterocycles. The number of hydrogen-bond acceptors (Lipinski definition) is 3. The zero-order valence-electron chi connectivity index (χ0n) is 16.7. The van der Waals surface area contributed by atoms with Gasteiger partial charge < -0.3 is 9.88 Å². The van der Waals surface area contributed by atoms with Crippen molar-refractivity contribution in [2.24, 2.45) is 0 Å². The number of aromatic nitrogens is 4. The molecule has 0 aliphatic heterocycles. The predicted octanol–water partition coefficient (Wildman–Crippen LogP) is 4.37. The fourth-order valence-electron chi connectivity index (χ4n) is 3.51. The van der Waals surface area contributed by atoms with Gasteiger partial charge in [-0.3, -0.25) is 4.79 Å². The van der Waals surface area contributed by atoms with Crippen LogP contribution in [0.25, 0.3) is 16.7 Å². The van der Waals surface area contributed by atoms with Crippen LogP contribution >= 0.6 is 0 Å². The highest BCUT2D eigenvalue weighted by Gasteiger charge is 2.40. The molecule has 0 radical (unpaired) electrons. The molecule has 0 aliphatic carbocycles. The van der Waals surface area contributed by atoms with Crippen molar-refractivity contribution in [2.75, 3.05) is 6.54 Å². The van der Waals surface area contributed by atoms with Crippen molar-refractivity contribution in [2.45, 2.75) is 26.1 Å². The molecule has 0 unspecified atom stereocenters.